The van der Waals surface area contributed by atoms with Crippen LogP contribution >= 0.6 is 0 Å². The standard InChI is InChI=1S/C18H20O/c1-12(2)8-13-6-7-14-10-15-4-3-5-18(19)17(15)11-16(14)9-13/h6-7,9-12H,3-5,8H2,1-2H3. The van der Waals surface area contributed by atoms with Crippen molar-refractivity contribution in [2.75, 3.05) is 0 Å². The minimum Gasteiger partial charge on any atom is -0.294 e. The second-order valence-electron chi connectivity index (χ2n) is 6.07. The molecule has 2 aromatic carbocycles. The van der Waals surface area contributed by atoms with E-state index in [2.05, 4.69) is 44.2 Å². The van der Waals surface area contributed by atoms with Gasteiger partial charge < -0.3 is 0 Å². The van der Waals surface area contributed by atoms with Crippen LogP contribution in [-0.2, 0) is 12.8 Å². The Labute approximate surface area is 114 Å². The summed E-state index contributed by atoms with van der Waals surface area (Å²) in [5.41, 5.74) is 3.56. The van der Waals surface area contributed by atoms with E-state index in [4.69, 9.17) is 0 Å². The Balaban J connectivity index is 2.10. The number of ketones is 1. The van der Waals surface area contributed by atoms with Gasteiger partial charge in [-0.25, -0.2) is 0 Å². The van der Waals surface area contributed by atoms with E-state index in [0.29, 0.717) is 18.1 Å². The summed E-state index contributed by atoms with van der Waals surface area (Å²) < 4.78 is 0. The van der Waals surface area contributed by atoms with Gasteiger partial charge in [-0.05, 0) is 53.1 Å². The van der Waals surface area contributed by atoms with Crippen LogP contribution < -0.4 is 0 Å². The summed E-state index contributed by atoms with van der Waals surface area (Å²) in [5.74, 6) is 0.981. The molecule has 1 aliphatic carbocycles. The van der Waals surface area contributed by atoms with Crippen LogP contribution in [0, 0.1) is 5.92 Å². The molecule has 0 saturated carbocycles. The van der Waals surface area contributed by atoms with Gasteiger partial charge in [0.05, 0.1) is 0 Å². The number of Topliss-reactive ketones (excluding diaryl/α,β-unsaturated/α-hetero) is 1. The van der Waals surface area contributed by atoms with E-state index in [1.807, 2.05) is 0 Å². The van der Waals surface area contributed by atoms with E-state index in [9.17, 15) is 4.79 Å². The molecule has 2 aromatic rings. The maximum absolute atomic E-state index is 12.0. The Morgan fingerprint density at radius 2 is 1.89 bits per heavy atom. The van der Waals surface area contributed by atoms with Crippen LogP contribution in [-0.4, -0.2) is 5.78 Å². The number of carbonyl (C=O) groups is 1. The van der Waals surface area contributed by atoms with Crippen molar-refractivity contribution in [1.82, 2.24) is 0 Å². The quantitative estimate of drug-likeness (QED) is 0.766. The molecule has 0 bridgehead atoms. The molecule has 3 rings (SSSR count). The van der Waals surface area contributed by atoms with Gasteiger partial charge in [0.2, 0.25) is 0 Å². The normalized spacial score (nSPS) is 15.0. The summed E-state index contributed by atoms with van der Waals surface area (Å²) >= 11 is 0. The fraction of sp³-hybridized carbons (Fsp3) is 0.389. The minimum atomic E-state index is 0.317. The van der Waals surface area contributed by atoms with Gasteiger partial charge in [0, 0.05) is 12.0 Å². The highest BCUT2D eigenvalue weighted by Crippen LogP contribution is 2.27. The molecule has 0 heterocycles. The number of rotatable bonds is 2. The molecule has 0 amide bonds. The lowest BCUT2D eigenvalue weighted by molar-refractivity contribution is 0.0972. The van der Waals surface area contributed by atoms with Crippen molar-refractivity contribution < 1.29 is 4.79 Å². The predicted molar refractivity (Wildman–Crippen MR) is 79.8 cm³/mol. The maximum atomic E-state index is 12.0. The molecule has 0 aliphatic heterocycles. The van der Waals surface area contributed by atoms with E-state index >= 15 is 0 Å². The summed E-state index contributed by atoms with van der Waals surface area (Å²) in [5, 5.41) is 2.48. The lowest BCUT2D eigenvalue weighted by atomic mass is 9.88. The van der Waals surface area contributed by atoms with E-state index in [-0.39, 0.29) is 0 Å². The summed E-state index contributed by atoms with van der Waals surface area (Å²) in [7, 11) is 0. The number of hydrogen-bond donors (Lipinski definition) is 0. The summed E-state index contributed by atoms with van der Waals surface area (Å²) in [6, 6.07) is 11.0. The van der Waals surface area contributed by atoms with Crippen molar-refractivity contribution in [2.45, 2.75) is 39.5 Å². The molecule has 1 aliphatic rings. The lowest BCUT2D eigenvalue weighted by Gasteiger charge is -2.16. The second-order valence-corrected chi connectivity index (χ2v) is 6.07. The number of carbonyl (C=O) groups excluding carboxylic acids is 1. The van der Waals surface area contributed by atoms with Gasteiger partial charge in [-0.15, -0.1) is 0 Å². The first-order valence-corrected chi connectivity index (χ1v) is 7.22. The van der Waals surface area contributed by atoms with Gasteiger partial charge in [0.25, 0.3) is 0 Å². The Morgan fingerprint density at radius 3 is 2.68 bits per heavy atom. The molecule has 0 atom stereocenters. The van der Waals surface area contributed by atoms with E-state index in [0.717, 1.165) is 24.8 Å². The molecule has 0 N–H and O–H groups in total. The molecule has 1 nitrogen and oxygen atoms in total. The van der Waals surface area contributed by atoms with Crippen molar-refractivity contribution in [1.29, 1.82) is 0 Å². The highest BCUT2D eigenvalue weighted by Gasteiger charge is 2.17. The summed E-state index contributed by atoms with van der Waals surface area (Å²) in [6.07, 6.45) is 3.86. The molecule has 0 radical (unpaired) electrons. The number of benzene rings is 2. The number of fused-ring (bicyclic) bond motifs is 2. The molecule has 0 fully saturated rings. The lowest BCUT2D eigenvalue weighted by Crippen LogP contribution is -2.10. The van der Waals surface area contributed by atoms with Gasteiger partial charge in [-0.2, -0.15) is 0 Å². The third-order valence-electron chi connectivity index (χ3n) is 3.92. The SMILES string of the molecule is CC(C)Cc1ccc2cc3c(cc2c1)C(=O)CCC3. The first-order chi connectivity index (χ1) is 9.13. The smallest absolute Gasteiger partial charge is 0.163 e. The predicted octanol–water partition coefficient (Wildman–Crippen LogP) is 4.56. The highest BCUT2D eigenvalue weighted by atomic mass is 16.1. The first kappa shape index (κ1) is 12.4. The average molecular weight is 252 g/mol. The van der Waals surface area contributed by atoms with Gasteiger partial charge in [0.15, 0.2) is 5.78 Å². The van der Waals surface area contributed by atoms with Crippen molar-refractivity contribution in [3.8, 4) is 0 Å². The van der Waals surface area contributed by atoms with Crippen LogP contribution in [0.2, 0.25) is 0 Å². The minimum absolute atomic E-state index is 0.317. The van der Waals surface area contributed by atoms with Crippen LogP contribution in [0.4, 0.5) is 0 Å². The third kappa shape index (κ3) is 2.42. The molecular formula is C18H20O. The molecule has 0 spiro atoms. The average Bonchev–Trinajstić information content (AvgIpc) is 2.37. The number of aryl methyl sites for hydroxylation is 1. The van der Waals surface area contributed by atoms with Crippen LogP contribution in [0.3, 0.4) is 0 Å². The molecule has 19 heavy (non-hydrogen) atoms. The van der Waals surface area contributed by atoms with Crippen molar-refractivity contribution in [2.24, 2.45) is 5.92 Å². The Hall–Kier alpha value is -1.63. The van der Waals surface area contributed by atoms with Crippen molar-refractivity contribution in [3.05, 3.63) is 47.0 Å². The Morgan fingerprint density at radius 1 is 1.05 bits per heavy atom. The zero-order valence-electron chi connectivity index (χ0n) is 11.7. The van der Waals surface area contributed by atoms with Crippen LogP contribution in [0.25, 0.3) is 10.8 Å². The molecule has 0 aromatic heterocycles. The molecular weight excluding hydrogens is 232 g/mol. The van der Waals surface area contributed by atoms with E-state index in [1.165, 1.54) is 21.9 Å². The van der Waals surface area contributed by atoms with E-state index < -0.39 is 0 Å². The first-order valence-electron chi connectivity index (χ1n) is 7.22. The molecule has 1 heteroatoms. The van der Waals surface area contributed by atoms with Crippen LogP contribution in [0.5, 0.6) is 0 Å². The second kappa shape index (κ2) is 4.80. The van der Waals surface area contributed by atoms with E-state index in [1.54, 1.807) is 0 Å². The van der Waals surface area contributed by atoms with Gasteiger partial charge in [-0.1, -0.05) is 38.1 Å². The maximum Gasteiger partial charge on any atom is 0.163 e. The van der Waals surface area contributed by atoms with Crippen molar-refractivity contribution >= 4 is 16.6 Å². The summed E-state index contributed by atoms with van der Waals surface area (Å²) in [4.78, 5) is 12.0. The molecule has 0 saturated heterocycles. The Bertz CT molecular complexity index is 637. The van der Waals surface area contributed by atoms with Gasteiger partial charge in [0.1, 0.15) is 0 Å². The van der Waals surface area contributed by atoms with Gasteiger partial charge in [-0.3, -0.25) is 4.79 Å². The number of hydrogen-bond acceptors (Lipinski definition) is 1. The van der Waals surface area contributed by atoms with Gasteiger partial charge >= 0.3 is 0 Å². The zero-order valence-corrected chi connectivity index (χ0v) is 11.7. The largest absolute Gasteiger partial charge is 0.294 e. The fourth-order valence-electron chi connectivity index (χ4n) is 3.03. The third-order valence-corrected chi connectivity index (χ3v) is 3.92. The molecule has 0 unspecified atom stereocenters. The topological polar surface area (TPSA) is 17.1 Å². The van der Waals surface area contributed by atoms with Crippen molar-refractivity contribution in [3.63, 3.8) is 0 Å². The van der Waals surface area contributed by atoms with Crippen LogP contribution in [0.1, 0.15) is 48.2 Å². The Kier molecular flexibility index (Phi) is 3.14. The monoisotopic (exact) mass is 252 g/mol. The highest BCUT2D eigenvalue weighted by molar-refractivity contribution is 6.02. The van der Waals surface area contributed by atoms with Crippen LogP contribution in [0.15, 0.2) is 30.3 Å². The summed E-state index contributed by atoms with van der Waals surface area (Å²) in [6.45, 7) is 4.47. The zero-order chi connectivity index (χ0) is 13.4. The fourth-order valence-corrected chi connectivity index (χ4v) is 3.03. The molecule has 98 valence electrons.